The van der Waals surface area contributed by atoms with Crippen molar-refractivity contribution in [1.29, 1.82) is 10.5 Å². The van der Waals surface area contributed by atoms with Crippen molar-refractivity contribution in [2.24, 2.45) is 29.6 Å². The summed E-state index contributed by atoms with van der Waals surface area (Å²) in [6.07, 6.45) is 3.00. The maximum atomic E-state index is 9.84. The van der Waals surface area contributed by atoms with Gasteiger partial charge in [0.05, 0.1) is 20.3 Å². The van der Waals surface area contributed by atoms with E-state index in [4.69, 9.17) is 15.9 Å². The maximum absolute atomic E-state index is 9.84. The molecule has 0 bridgehead atoms. The number of hydrogen-bond acceptors (Lipinski definition) is 2. The van der Waals surface area contributed by atoms with Gasteiger partial charge in [-0.1, -0.05) is 41.5 Å². The predicted octanol–water partition coefficient (Wildman–Crippen LogP) is 6.16. The van der Waals surface area contributed by atoms with E-state index >= 15 is 0 Å². The Labute approximate surface area is 200 Å². The van der Waals surface area contributed by atoms with Gasteiger partial charge in [-0.25, -0.2) is 16.7 Å². The zero-order valence-electron chi connectivity index (χ0n) is 19.9. The third kappa shape index (κ3) is 58.5. The maximum Gasteiger partial charge on any atom is 4.00 e. The Morgan fingerprint density at radius 2 is 0.839 bits per heavy atom. The number of nitriles is 2. The van der Waals surface area contributed by atoms with Crippen molar-refractivity contribution < 1.29 is 45.2 Å². The third-order valence-corrected chi connectivity index (χ3v) is 4.15. The number of hydrogen-bond donors (Lipinski definition) is 0. The molecule has 1 aliphatic rings. The molecule has 0 spiro atoms. The molecule has 0 saturated heterocycles. The molecule has 0 aromatic heterocycles. The van der Waals surface area contributed by atoms with Gasteiger partial charge in [0, 0.05) is 0 Å². The quantitative estimate of drug-likeness (QED) is 0.116. The first-order valence-corrected chi connectivity index (χ1v) is 10.2. The summed E-state index contributed by atoms with van der Waals surface area (Å²) >= 11 is 0. The second kappa shape index (κ2) is 28.9. The van der Waals surface area contributed by atoms with E-state index < -0.39 is 8.16 Å². The fraction of sp³-hybridized carbons (Fsp3) is 0.650. The van der Waals surface area contributed by atoms with Crippen LogP contribution in [0.15, 0.2) is 0 Å². The summed E-state index contributed by atoms with van der Waals surface area (Å²) in [6, 6.07) is 3.00. The van der Waals surface area contributed by atoms with Crippen LogP contribution >= 0.6 is 8.16 Å². The molecule has 0 aliphatic heterocycles. The van der Waals surface area contributed by atoms with E-state index in [0.717, 1.165) is 35.8 Å². The van der Waals surface area contributed by atoms with E-state index in [-0.39, 0.29) is 31.6 Å². The van der Waals surface area contributed by atoms with Gasteiger partial charge in [-0.2, -0.15) is 0 Å². The molecule has 3 nitrogen and oxygen atoms in total. The van der Waals surface area contributed by atoms with Gasteiger partial charge in [0.1, 0.15) is 0 Å². The molecule has 1 aliphatic carbocycles. The van der Waals surface area contributed by atoms with Gasteiger partial charge in [0.2, 0.25) is 0 Å². The molecule has 0 N–H and O–H groups in total. The first kappa shape index (κ1) is 52.1. The summed E-state index contributed by atoms with van der Waals surface area (Å²) in [4.78, 5) is 0. The fourth-order valence-electron chi connectivity index (χ4n) is 2.39. The van der Waals surface area contributed by atoms with Crippen LogP contribution in [0, 0.1) is 79.9 Å². The Balaban J connectivity index is -0.0000000369. The van der Waals surface area contributed by atoms with Gasteiger partial charge in [0.15, 0.2) is 0 Å². The van der Waals surface area contributed by atoms with Crippen molar-refractivity contribution in [3.05, 3.63) is 33.1 Å². The van der Waals surface area contributed by atoms with Crippen LogP contribution in [0.3, 0.4) is 0 Å². The summed E-state index contributed by atoms with van der Waals surface area (Å²) in [5.74, 6) is 4.68. The molecule has 0 aromatic carbocycles. The molecule has 1 rings (SSSR count). The van der Waals surface area contributed by atoms with Crippen molar-refractivity contribution in [1.82, 2.24) is 0 Å². The first-order valence-electron chi connectivity index (χ1n) is 8.54. The van der Waals surface area contributed by atoms with Crippen LogP contribution in [-0.4, -0.2) is 6.21 Å². The Kier molecular flexibility index (Phi) is 48.5. The smallest absolute Gasteiger partial charge is 1.00 e. The normalized spacial score (nSPS) is 22.9. The summed E-state index contributed by atoms with van der Waals surface area (Å²) in [5, 5.41) is 21.9. The topological polar surface area (TPSA) is 69.9 Å². The van der Waals surface area contributed by atoms with Gasteiger partial charge >= 0.3 is 48.6 Å². The molecule has 0 atom stereocenters. The predicted molar refractivity (Wildman–Crippen MR) is 117 cm³/mol. The minimum atomic E-state index is -8.55. The molecule has 1 fully saturated rings. The third-order valence-electron chi connectivity index (χ3n) is 4.15. The summed E-state index contributed by atoms with van der Waals surface area (Å²) in [7, 11) is -8.55. The van der Waals surface area contributed by atoms with Gasteiger partial charge in [-0.15, -0.1) is 12.1 Å². The van der Waals surface area contributed by atoms with Crippen molar-refractivity contribution in [2.45, 2.75) is 55.4 Å². The molecule has 11 heteroatoms. The largest absolute Gasteiger partial charge is 4.00 e. The second-order valence-electron chi connectivity index (χ2n) is 6.09. The molecule has 0 unspecified atom stereocenters. The van der Waals surface area contributed by atoms with Crippen LogP contribution in [0.2, 0.25) is 0 Å². The minimum absolute atomic E-state index is 0. The average Bonchev–Trinajstić information content (AvgIpc) is 2.66. The second-order valence-corrected chi connectivity index (χ2v) is 7.36. The molecule has 0 amide bonds. The van der Waals surface area contributed by atoms with Crippen molar-refractivity contribution in [3.8, 4) is 12.1 Å². The molecule has 0 heterocycles. The molecule has 1 saturated carbocycles. The summed E-state index contributed by atoms with van der Waals surface area (Å²) in [5.41, 5.74) is 0. The van der Waals surface area contributed by atoms with Crippen LogP contribution in [0.4, 0.5) is 21.0 Å². The Hall–Kier alpha value is -1.11. The fourth-order valence-corrected chi connectivity index (χ4v) is 2.39. The molecule has 188 valence electrons. The SMILES string of the molecule is CC1C(C)C(C)C(C)C1C.CC=[N-].C[CH+]C.FP(F)(F)(F)F.[CH2-]C#N.[CH2-]C#N.[CH3-].[F-].[Ru+4]. The van der Waals surface area contributed by atoms with E-state index in [2.05, 4.69) is 48.5 Å². The number of nitrogens with zero attached hydrogens (tertiary/aromatic N) is 3. The summed E-state index contributed by atoms with van der Waals surface area (Å²) in [6.45, 7) is 23.1. The molecular weight excluding hydrogens is 528 g/mol. The summed E-state index contributed by atoms with van der Waals surface area (Å²) < 4.78 is 49.2. The van der Waals surface area contributed by atoms with Crippen molar-refractivity contribution in [3.63, 3.8) is 0 Å². The van der Waals surface area contributed by atoms with Gasteiger partial charge in [0.25, 0.3) is 0 Å². The molecule has 31 heavy (non-hydrogen) atoms. The van der Waals surface area contributed by atoms with Crippen LogP contribution in [0.25, 0.3) is 5.41 Å². The number of halogens is 6. The number of rotatable bonds is 0. The van der Waals surface area contributed by atoms with Crippen molar-refractivity contribution >= 4 is 14.4 Å². The zero-order valence-corrected chi connectivity index (χ0v) is 22.5. The van der Waals surface area contributed by atoms with Crippen molar-refractivity contribution in [2.75, 3.05) is 0 Å². The first-order chi connectivity index (χ1) is 12.4. The molecular formula is C20H38F6N3PRu. The average molecular weight is 567 g/mol. The molecule has 0 radical (unpaired) electrons. The van der Waals surface area contributed by atoms with E-state index in [0.29, 0.717) is 0 Å². The molecule has 0 aromatic rings. The van der Waals surface area contributed by atoms with Crippen LogP contribution in [-0.2, 0) is 19.5 Å². The monoisotopic (exact) mass is 567 g/mol. The van der Waals surface area contributed by atoms with Gasteiger partial charge in [-0.05, 0) is 29.6 Å². The van der Waals surface area contributed by atoms with Crippen LogP contribution < -0.4 is 4.70 Å². The standard InChI is InChI=1S/C10H20.C3H7.C2H4N.2C2H2N.CH3.F5P.FH.Ru/c1-6-7(2)9(4)10(5)8(6)3;1-3-2;3*1-2-3;;1-6(2,3,4)5;;/h6-10H,1-5H3;3H,1-2H3;2H,1H3;2*1H2;1H3;;1H;/q;+1;4*-1;;;+4/p-1. The zero-order chi connectivity index (χ0) is 24.2. The van der Waals surface area contributed by atoms with Crippen LogP contribution in [0.5, 0.6) is 0 Å². The van der Waals surface area contributed by atoms with E-state index in [1.165, 1.54) is 12.1 Å². The van der Waals surface area contributed by atoms with Crippen LogP contribution in [0.1, 0.15) is 55.4 Å². The Bertz CT molecular complexity index is 375. The van der Waals surface area contributed by atoms with Gasteiger partial charge in [-0.3, -0.25) is 0 Å². The van der Waals surface area contributed by atoms with E-state index in [9.17, 15) is 21.0 Å². The van der Waals surface area contributed by atoms with E-state index in [1.807, 2.05) is 20.3 Å². The van der Waals surface area contributed by atoms with E-state index in [1.54, 1.807) is 6.92 Å². The Morgan fingerprint density at radius 1 is 0.806 bits per heavy atom. The minimum Gasteiger partial charge on any atom is -1.00 e. The Morgan fingerprint density at radius 3 is 0.871 bits per heavy atom. The van der Waals surface area contributed by atoms with Gasteiger partial charge < -0.3 is 31.4 Å².